The van der Waals surface area contributed by atoms with Crippen molar-refractivity contribution in [3.8, 4) is 5.75 Å². The lowest BCUT2D eigenvalue weighted by atomic mass is 10.0. The molecule has 35 heavy (non-hydrogen) atoms. The van der Waals surface area contributed by atoms with Crippen LogP contribution in [0.15, 0.2) is 70.2 Å². The first-order valence-corrected chi connectivity index (χ1v) is 13.7. The van der Waals surface area contributed by atoms with E-state index in [4.69, 9.17) is 9.47 Å². The summed E-state index contributed by atoms with van der Waals surface area (Å²) in [5, 5.41) is 2.21. The topological polar surface area (TPSA) is 97.8 Å². The average molecular weight is 530 g/mol. The van der Waals surface area contributed by atoms with E-state index < -0.39 is 23.3 Å². The van der Waals surface area contributed by atoms with E-state index in [-0.39, 0.29) is 18.2 Å². The first-order valence-electron chi connectivity index (χ1n) is 10.6. The van der Waals surface area contributed by atoms with Crippen molar-refractivity contribution in [3.05, 3.63) is 65.9 Å². The molecule has 0 aliphatic carbocycles. The lowest BCUT2D eigenvalue weighted by molar-refractivity contribution is -0.151. The van der Waals surface area contributed by atoms with Gasteiger partial charge in [0.1, 0.15) is 22.9 Å². The smallest absolute Gasteiger partial charge is 0.354 e. The Kier molecular flexibility index (Phi) is 7.99. The molecule has 1 aliphatic rings. The van der Waals surface area contributed by atoms with E-state index in [0.29, 0.717) is 11.3 Å². The molecule has 0 unspecified atom stereocenters. The highest BCUT2D eigenvalue weighted by Gasteiger charge is 2.52. The Morgan fingerprint density at radius 1 is 1.11 bits per heavy atom. The fourth-order valence-electron chi connectivity index (χ4n) is 3.43. The zero-order valence-electron chi connectivity index (χ0n) is 19.2. The number of amides is 2. The molecule has 1 aliphatic heterocycles. The molecule has 0 saturated carbocycles. The maximum absolute atomic E-state index is 13.1. The number of hydrogen-bond acceptors (Lipinski definition) is 9. The van der Waals surface area contributed by atoms with E-state index in [0.717, 1.165) is 14.6 Å². The predicted molar refractivity (Wildman–Crippen MR) is 138 cm³/mol. The van der Waals surface area contributed by atoms with Gasteiger partial charge in [-0.3, -0.25) is 14.5 Å². The van der Waals surface area contributed by atoms with Crippen LogP contribution in [0.5, 0.6) is 5.75 Å². The molecule has 1 fully saturated rings. The monoisotopic (exact) mass is 529 g/mol. The highest BCUT2D eigenvalue weighted by molar-refractivity contribution is 8.77. The minimum atomic E-state index is -0.826. The van der Waals surface area contributed by atoms with Crippen LogP contribution in [0.2, 0.25) is 0 Å². The third-order valence-electron chi connectivity index (χ3n) is 5.06. The number of ether oxygens (including phenoxy) is 2. The molecule has 0 bridgehead atoms. The van der Waals surface area contributed by atoms with Gasteiger partial charge in [-0.1, -0.05) is 41.1 Å². The summed E-state index contributed by atoms with van der Waals surface area (Å²) in [6, 6.07) is 15.9. The summed E-state index contributed by atoms with van der Waals surface area (Å²) in [4.78, 5) is 44.1. The third kappa shape index (κ3) is 5.63. The Hall–Kier alpha value is -3.02. The largest absolute Gasteiger partial charge is 0.484 e. The van der Waals surface area contributed by atoms with Gasteiger partial charge in [0.05, 0.1) is 17.3 Å². The van der Waals surface area contributed by atoms with Crippen LogP contribution in [0.1, 0.15) is 13.8 Å². The summed E-state index contributed by atoms with van der Waals surface area (Å²) < 4.78 is 12.3. The van der Waals surface area contributed by atoms with Gasteiger partial charge in [-0.2, -0.15) is 0 Å². The molecule has 4 rings (SSSR count). The SMILES string of the molecule is COC(=O)C(=C(C)C)N1C(=O)[C@@H](NC(=O)COc2ccccc2)[C@H]1SSc1nc2ccccc2s1. The lowest BCUT2D eigenvalue weighted by Crippen LogP contribution is -2.69. The number of nitrogens with zero attached hydrogens (tertiary/aromatic N) is 2. The number of likely N-dealkylation sites (tertiary alicyclic amines) is 1. The standard InChI is InChI=1S/C24H23N3O5S3/c1-14(2)20(23(30)31-3)27-21(29)19(26-18(28)13-32-15-9-5-4-6-10-15)22(27)34-35-24-25-16-11-7-8-12-17(16)33-24/h4-12,19,22H,13H2,1-3H3,(H,26,28)/t19-,22-/m1/s1. The second-order valence-corrected chi connectivity index (χ2v) is 11.3. The molecule has 182 valence electrons. The van der Waals surface area contributed by atoms with Crippen LogP contribution in [-0.2, 0) is 19.1 Å². The summed E-state index contributed by atoms with van der Waals surface area (Å²) in [5.41, 5.74) is 1.70. The van der Waals surface area contributed by atoms with Crippen molar-refractivity contribution >= 4 is 60.9 Å². The number of benzene rings is 2. The maximum atomic E-state index is 13.1. The molecule has 2 heterocycles. The van der Waals surface area contributed by atoms with E-state index in [1.807, 2.05) is 30.3 Å². The van der Waals surface area contributed by atoms with Gasteiger partial charge in [0.2, 0.25) is 0 Å². The molecular weight excluding hydrogens is 506 g/mol. The van der Waals surface area contributed by atoms with Crippen LogP contribution < -0.4 is 10.1 Å². The molecule has 8 nitrogen and oxygen atoms in total. The summed E-state index contributed by atoms with van der Waals surface area (Å²) in [6.45, 7) is 3.24. The van der Waals surface area contributed by atoms with Crippen molar-refractivity contribution in [3.63, 3.8) is 0 Å². The number of esters is 1. The quantitative estimate of drug-likeness (QED) is 0.190. The van der Waals surface area contributed by atoms with E-state index in [1.54, 1.807) is 38.1 Å². The number of carbonyl (C=O) groups is 3. The minimum Gasteiger partial charge on any atom is -0.484 e. The molecule has 1 N–H and O–H groups in total. The van der Waals surface area contributed by atoms with Crippen molar-refractivity contribution in [1.82, 2.24) is 15.2 Å². The summed E-state index contributed by atoms with van der Waals surface area (Å²) in [5.74, 6) is -0.869. The first-order chi connectivity index (χ1) is 16.9. The number of aromatic nitrogens is 1. The Morgan fingerprint density at radius 2 is 1.83 bits per heavy atom. The molecule has 1 saturated heterocycles. The minimum absolute atomic E-state index is 0.172. The van der Waals surface area contributed by atoms with Crippen LogP contribution in [0.25, 0.3) is 10.2 Å². The second-order valence-electron chi connectivity index (χ2n) is 7.71. The zero-order chi connectivity index (χ0) is 24.9. The average Bonchev–Trinajstić information content (AvgIpc) is 3.28. The van der Waals surface area contributed by atoms with Crippen LogP contribution in [0, 0.1) is 0 Å². The van der Waals surface area contributed by atoms with Gasteiger partial charge < -0.3 is 14.8 Å². The fraction of sp³-hybridized carbons (Fsp3) is 0.250. The molecule has 2 atom stereocenters. The number of thiazole rings is 1. The van der Waals surface area contributed by atoms with Crippen LogP contribution in [0.3, 0.4) is 0 Å². The van der Waals surface area contributed by atoms with Crippen molar-refractivity contribution in [2.45, 2.75) is 29.6 Å². The van der Waals surface area contributed by atoms with Crippen LogP contribution in [-0.4, -0.2) is 52.8 Å². The number of carbonyl (C=O) groups excluding carboxylic acids is 3. The van der Waals surface area contributed by atoms with E-state index in [1.165, 1.54) is 44.9 Å². The van der Waals surface area contributed by atoms with Crippen LogP contribution >= 0.6 is 32.9 Å². The molecule has 2 aromatic carbocycles. The van der Waals surface area contributed by atoms with Gasteiger partial charge in [0, 0.05) is 0 Å². The fourth-order valence-corrected chi connectivity index (χ4v) is 7.35. The van der Waals surface area contributed by atoms with Gasteiger partial charge in [0.25, 0.3) is 11.8 Å². The number of rotatable bonds is 9. The highest BCUT2D eigenvalue weighted by Crippen LogP contribution is 2.45. The summed E-state index contributed by atoms with van der Waals surface area (Å²) in [7, 11) is 4.02. The molecular formula is C24H23N3O5S3. The van der Waals surface area contributed by atoms with Gasteiger partial charge in [-0.25, -0.2) is 9.78 Å². The van der Waals surface area contributed by atoms with E-state index >= 15 is 0 Å². The number of allylic oxidation sites excluding steroid dienone is 1. The first kappa shape index (κ1) is 25.1. The Bertz CT molecular complexity index is 1240. The van der Waals surface area contributed by atoms with Gasteiger partial charge in [-0.15, -0.1) is 11.3 Å². The molecule has 1 aromatic heterocycles. The Labute approximate surface area is 214 Å². The third-order valence-corrected chi connectivity index (χ3v) is 9.07. The summed E-state index contributed by atoms with van der Waals surface area (Å²) in [6.07, 6.45) is 0. The number of nitrogens with one attached hydrogen (secondary N) is 1. The number of β-lactam (4-membered cyclic amide) rings is 1. The normalized spacial score (nSPS) is 17.0. The maximum Gasteiger partial charge on any atom is 0.354 e. The van der Waals surface area contributed by atoms with Gasteiger partial charge >= 0.3 is 5.97 Å². The Morgan fingerprint density at radius 3 is 2.51 bits per heavy atom. The molecule has 3 aromatic rings. The molecule has 0 radical (unpaired) electrons. The molecule has 0 spiro atoms. The number of fused-ring (bicyclic) bond motifs is 1. The van der Waals surface area contributed by atoms with Crippen molar-refractivity contribution in [2.75, 3.05) is 13.7 Å². The van der Waals surface area contributed by atoms with Crippen molar-refractivity contribution < 1.29 is 23.9 Å². The van der Waals surface area contributed by atoms with Crippen molar-refractivity contribution in [2.24, 2.45) is 0 Å². The number of para-hydroxylation sites is 2. The van der Waals surface area contributed by atoms with E-state index in [2.05, 4.69) is 10.3 Å². The van der Waals surface area contributed by atoms with Gasteiger partial charge in [0.15, 0.2) is 10.9 Å². The van der Waals surface area contributed by atoms with E-state index in [9.17, 15) is 14.4 Å². The highest BCUT2D eigenvalue weighted by atomic mass is 33.1. The summed E-state index contributed by atoms with van der Waals surface area (Å²) >= 11 is 1.54. The van der Waals surface area contributed by atoms with Crippen LogP contribution in [0.4, 0.5) is 0 Å². The second kappa shape index (κ2) is 11.1. The predicted octanol–water partition coefficient (Wildman–Crippen LogP) is 4.24. The Balaban J connectivity index is 1.49. The molecule has 11 heteroatoms. The lowest BCUT2D eigenvalue weighted by Gasteiger charge is -2.46. The molecule has 2 amide bonds. The number of hydrogen-bond donors (Lipinski definition) is 1. The zero-order valence-corrected chi connectivity index (χ0v) is 21.7. The van der Waals surface area contributed by atoms with Crippen molar-refractivity contribution in [1.29, 1.82) is 0 Å². The number of methoxy groups -OCH3 is 1. The van der Waals surface area contributed by atoms with Gasteiger partial charge in [-0.05, 0) is 54.5 Å².